The molecule has 5 aromatic carbocycles. The Hall–Kier alpha value is -6.04. The second-order valence-electron chi connectivity index (χ2n) is 16.9. The van der Waals surface area contributed by atoms with Crippen LogP contribution in [0.1, 0.15) is 86.6 Å². The van der Waals surface area contributed by atoms with Crippen molar-refractivity contribution in [3.63, 3.8) is 0 Å². The number of hydrogen-bond donors (Lipinski definition) is 1. The number of fused-ring (bicyclic) bond motifs is 4. The second-order valence-corrected chi connectivity index (χ2v) is 20.1. The van der Waals surface area contributed by atoms with E-state index < -0.39 is 5.97 Å². The SMILES string of the molecule is CCCCCc1cc(-c2cc3sc(/C=C(\C#N)C(=O)O)cc3s2)sc1-c1ccc(N(c2ccc(-c3ccccc3CC)c(CC)c2)c2ccc3c(c2)C(C)(C)c2ccccc2-3)cc1. The van der Waals surface area contributed by atoms with E-state index in [-0.39, 0.29) is 11.0 Å². The predicted molar refractivity (Wildman–Crippen MR) is 269 cm³/mol. The lowest BCUT2D eigenvalue weighted by molar-refractivity contribution is -0.132. The molecule has 0 saturated carbocycles. The molecule has 0 bridgehead atoms. The molecule has 0 fully saturated rings. The van der Waals surface area contributed by atoms with Gasteiger partial charge in [0.1, 0.15) is 11.6 Å². The van der Waals surface area contributed by atoms with Gasteiger partial charge in [-0.2, -0.15) is 5.26 Å². The molecular weight excluding hydrogens is 829 g/mol. The number of nitrogens with zero attached hydrogens (tertiary/aromatic N) is 2. The molecule has 0 aliphatic heterocycles. The minimum atomic E-state index is -1.20. The van der Waals surface area contributed by atoms with E-state index in [4.69, 9.17) is 0 Å². The number of carboxylic acids is 1. The van der Waals surface area contributed by atoms with Gasteiger partial charge in [0, 0.05) is 51.4 Å². The Bertz CT molecular complexity index is 3050. The number of aliphatic carboxylic acids is 1. The van der Waals surface area contributed by atoms with Crippen molar-refractivity contribution >= 4 is 72.5 Å². The number of rotatable bonds is 14. The fraction of sp³-hybridized carbons (Fsp3) is 0.214. The van der Waals surface area contributed by atoms with Gasteiger partial charge < -0.3 is 10.0 Å². The summed E-state index contributed by atoms with van der Waals surface area (Å²) in [6, 6.07) is 49.4. The van der Waals surface area contributed by atoms with Gasteiger partial charge in [-0.15, -0.1) is 34.0 Å². The molecule has 314 valence electrons. The zero-order chi connectivity index (χ0) is 43.8. The van der Waals surface area contributed by atoms with E-state index in [1.54, 1.807) is 17.4 Å². The third-order valence-corrected chi connectivity index (χ3v) is 16.3. The summed E-state index contributed by atoms with van der Waals surface area (Å²) < 4.78 is 2.20. The molecule has 0 radical (unpaired) electrons. The quantitative estimate of drug-likeness (QED) is 0.0671. The summed E-state index contributed by atoms with van der Waals surface area (Å²) >= 11 is 5.10. The van der Waals surface area contributed by atoms with Crippen LogP contribution in [-0.4, -0.2) is 11.1 Å². The van der Waals surface area contributed by atoms with Crippen LogP contribution in [0, 0.1) is 11.3 Å². The largest absolute Gasteiger partial charge is 0.477 e. The molecular formula is C56H50N2O2S3. The smallest absolute Gasteiger partial charge is 0.346 e. The number of aryl methyl sites for hydroxylation is 3. The van der Waals surface area contributed by atoms with Crippen LogP contribution in [0.3, 0.4) is 0 Å². The number of anilines is 3. The topological polar surface area (TPSA) is 64.3 Å². The molecule has 4 nitrogen and oxygen atoms in total. The Labute approximate surface area is 383 Å². The van der Waals surface area contributed by atoms with Gasteiger partial charge in [-0.3, -0.25) is 0 Å². The number of carboxylic acid groups (broad SMARTS) is 1. The maximum absolute atomic E-state index is 11.5. The Kier molecular flexibility index (Phi) is 11.8. The normalized spacial score (nSPS) is 12.9. The fourth-order valence-electron chi connectivity index (χ4n) is 9.28. The third kappa shape index (κ3) is 7.97. The summed E-state index contributed by atoms with van der Waals surface area (Å²) in [4.78, 5) is 18.4. The highest BCUT2D eigenvalue weighted by molar-refractivity contribution is 7.31. The summed E-state index contributed by atoms with van der Waals surface area (Å²) in [6.45, 7) is 11.5. The lowest BCUT2D eigenvalue weighted by Crippen LogP contribution is -2.16. The zero-order valence-corrected chi connectivity index (χ0v) is 38.9. The number of hydrogen-bond acceptors (Lipinski definition) is 6. The molecule has 0 unspecified atom stereocenters. The number of benzene rings is 5. The lowest BCUT2D eigenvalue weighted by Gasteiger charge is -2.29. The van der Waals surface area contributed by atoms with Crippen molar-refractivity contribution in [2.24, 2.45) is 0 Å². The number of unbranched alkanes of at least 4 members (excludes halogenated alkanes) is 2. The summed E-state index contributed by atoms with van der Waals surface area (Å²) in [7, 11) is 0. The van der Waals surface area contributed by atoms with E-state index in [1.165, 1.54) is 101 Å². The van der Waals surface area contributed by atoms with E-state index in [1.807, 2.05) is 17.4 Å². The average Bonchev–Trinajstić information content (AvgIpc) is 4.06. The number of thiophene rings is 3. The first-order valence-electron chi connectivity index (χ1n) is 22.0. The van der Waals surface area contributed by atoms with Gasteiger partial charge in [0.25, 0.3) is 0 Å². The van der Waals surface area contributed by atoms with Gasteiger partial charge in [-0.05, 0) is 142 Å². The monoisotopic (exact) mass is 878 g/mol. The van der Waals surface area contributed by atoms with Crippen molar-refractivity contribution in [1.82, 2.24) is 0 Å². The van der Waals surface area contributed by atoms with Crippen LogP contribution in [0.2, 0.25) is 0 Å². The minimum absolute atomic E-state index is 0.122. The van der Waals surface area contributed by atoms with E-state index in [2.05, 4.69) is 161 Å². The fourth-order valence-corrected chi connectivity index (χ4v) is 12.9. The molecule has 0 atom stereocenters. The van der Waals surface area contributed by atoms with Crippen LogP contribution < -0.4 is 4.90 Å². The zero-order valence-electron chi connectivity index (χ0n) is 36.4. The molecule has 3 heterocycles. The standard InChI is InChI=1S/C56H50N2O2S3/c1-6-9-10-16-38-30-50(53-33-52-51(62-53)32-43(61-52)29-39(34-57)55(59)60)63-54(38)37-20-22-40(23-21-37)58(41-24-26-45(36(8-3)28-41)44-17-12-11-15-35(44)7-2)42-25-27-47-46-18-13-14-19-48(46)56(4,5)49(47)31-42/h11-15,17-33H,6-10,16H2,1-5H3,(H,59,60)/b39-29+. The van der Waals surface area contributed by atoms with Crippen molar-refractivity contribution < 1.29 is 9.90 Å². The van der Waals surface area contributed by atoms with Crippen LogP contribution in [0.15, 0.2) is 133 Å². The van der Waals surface area contributed by atoms with Gasteiger partial charge in [0.2, 0.25) is 0 Å². The van der Waals surface area contributed by atoms with Crippen LogP contribution in [-0.2, 0) is 29.5 Å². The van der Waals surface area contributed by atoms with Crippen molar-refractivity contribution in [2.45, 2.75) is 78.6 Å². The summed E-state index contributed by atoms with van der Waals surface area (Å²) in [5.74, 6) is -1.20. The highest BCUT2D eigenvalue weighted by atomic mass is 32.1. The Balaban J connectivity index is 1.12. The second kappa shape index (κ2) is 17.6. The molecule has 9 rings (SSSR count). The molecule has 1 aliphatic rings. The molecule has 0 amide bonds. The molecule has 0 spiro atoms. The van der Waals surface area contributed by atoms with Crippen LogP contribution in [0.4, 0.5) is 17.1 Å². The van der Waals surface area contributed by atoms with Gasteiger partial charge in [0.15, 0.2) is 0 Å². The van der Waals surface area contributed by atoms with E-state index in [0.717, 1.165) is 57.0 Å². The number of carbonyl (C=O) groups is 1. The molecule has 3 aromatic heterocycles. The maximum atomic E-state index is 11.5. The van der Waals surface area contributed by atoms with Gasteiger partial charge in [-0.25, -0.2) is 4.79 Å². The first-order chi connectivity index (χ1) is 30.6. The molecule has 1 N–H and O–H groups in total. The van der Waals surface area contributed by atoms with E-state index >= 15 is 0 Å². The molecule has 0 saturated heterocycles. The Morgan fingerprint density at radius 3 is 2.00 bits per heavy atom. The van der Waals surface area contributed by atoms with Gasteiger partial charge >= 0.3 is 5.97 Å². The van der Waals surface area contributed by atoms with Crippen molar-refractivity contribution in [1.29, 1.82) is 5.26 Å². The molecule has 63 heavy (non-hydrogen) atoms. The maximum Gasteiger partial charge on any atom is 0.346 e. The highest BCUT2D eigenvalue weighted by Gasteiger charge is 2.36. The summed E-state index contributed by atoms with van der Waals surface area (Å²) in [5, 5.41) is 18.7. The van der Waals surface area contributed by atoms with E-state index in [9.17, 15) is 15.2 Å². The molecule has 8 aromatic rings. The van der Waals surface area contributed by atoms with Crippen LogP contribution >= 0.6 is 34.0 Å². The van der Waals surface area contributed by atoms with Crippen LogP contribution in [0.25, 0.3) is 57.9 Å². The number of nitriles is 1. The lowest BCUT2D eigenvalue weighted by atomic mass is 9.82. The average molecular weight is 879 g/mol. The van der Waals surface area contributed by atoms with Gasteiger partial charge in [-0.1, -0.05) is 120 Å². The predicted octanol–water partition coefficient (Wildman–Crippen LogP) is 16.7. The Morgan fingerprint density at radius 1 is 0.651 bits per heavy atom. The van der Waals surface area contributed by atoms with E-state index in [0.29, 0.717) is 0 Å². The highest BCUT2D eigenvalue weighted by Crippen LogP contribution is 2.51. The Morgan fingerprint density at radius 2 is 1.29 bits per heavy atom. The van der Waals surface area contributed by atoms with Gasteiger partial charge in [0.05, 0.1) is 0 Å². The summed E-state index contributed by atoms with van der Waals surface area (Å²) in [6.07, 6.45) is 7.91. The van der Waals surface area contributed by atoms with Crippen molar-refractivity contribution in [2.75, 3.05) is 4.90 Å². The first kappa shape index (κ1) is 42.3. The van der Waals surface area contributed by atoms with Crippen molar-refractivity contribution in [3.05, 3.63) is 166 Å². The molecule has 1 aliphatic carbocycles. The third-order valence-electron chi connectivity index (χ3n) is 12.6. The summed E-state index contributed by atoms with van der Waals surface area (Å²) in [5.41, 5.74) is 16.3. The minimum Gasteiger partial charge on any atom is -0.477 e. The van der Waals surface area contributed by atoms with Crippen LogP contribution in [0.5, 0.6) is 0 Å². The van der Waals surface area contributed by atoms with Crippen molar-refractivity contribution in [3.8, 4) is 48.5 Å². The molecule has 7 heteroatoms. The first-order valence-corrected chi connectivity index (χ1v) is 24.4.